The molecule has 29 heavy (non-hydrogen) atoms. The first-order valence-electron chi connectivity index (χ1n) is 8.96. The van der Waals surface area contributed by atoms with Crippen LogP contribution in [0.15, 0.2) is 33.8 Å². The summed E-state index contributed by atoms with van der Waals surface area (Å²) in [6.07, 6.45) is 5.45. The zero-order chi connectivity index (χ0) is 19.8. The maximum atomic E-state index is 12.7. The van der Waals surface area contributed by atoms with E-state index < -0.39 is 5.91 Å². The molecule has 0 saturated carbocycles. The summed E-state index contributed by atoms with van der Waals surface area (Å²) in [7, 11) is 1.50. The van der Waals surface area contributed by atoms with Crippen LogP contribution in [0.3, 0.4) is 0 Å². The van der Waals surface area contributed by atoms with Crippen molar-refractivity contribution in [3.63, 3.8) is 0 Å². The van der Waals surface area contributed by atoms with Crippen molar-refractivity contribution in [2.45, 2.75) is 18.9 Å². The summed E-state index contributed by atoms with van der Waals surface area (Å²) >= 11 is 3.60. The molecule has 0 bridgehead atoms. The molecule has 1 aliphatic heterocycles. The number of hydrogen-bond donors (Lipinski definition) is 3. The second-order valence-electron chi connectivity index (χ2n) is 6.86. The molecule has 0 spiro atoms. The number of amides is 1. The van der Waals surface area contributed by atoms with Crippen LogP contribution >= 0.6 is 28.3 Å². The molecule has 4 rings (SSSR count). The summed E-state index contributed by atoms with van der Waals surface area (Å²) < 4.78 is 1.97. The number of anilines is 2. The highest BCUT2D eigenvalue weighted by atomic mass is 79.9. The highest BCUT2D eigenvalue weighted by Gasteiger charge is 2.24. The van der Waals surface area contributed by atoms with E-state index in [1.807, 2.05) is 0 Å². The second-order valence-corrected chi connectivity index (χ2v) is 7.72. The number of nitrogens with zero attached hydrogens (tertiary/aromatic N) is 4. The van der Waals surface area contributed by atoms with Crippen molar-refractivity contribution in [2.24, 2.45) is 12.8 Å². The van der Waals surface area contributed by atoms with Gasteiger partial charge in [0.15, 0.2) is 0 Å². The second kappa shape index (κ2) is 8.52. The summed E-state index contributed by atoms with van der Waals surface area (Å²) in [6, 6.07) is 2.83. The molecule has 11 heteroatoms. The van der Waals surface area contributed by atoms with E-state index >= 15 is 0 Å². The summed E-state index contributed by atoms with van der Waals surface area (Å²) in [5.74, 6) is -0.405. The normalized spacial score (nSPS) is 16.5. The molecule has 0 radical (unpaired) electrons. The lowest BCUT2D eigenvalue weighted by Gasteiger charge is -2.33. The third kappa shape index (κ3) is 4.14. The Kier molecular flexibility index (Phi) is 6.25. The Morgan fingerprint density at radius 1 is 1.41 bits per heavy atom. The Hall–Kier alpha value is -2.43. The van der Waals surface area contributed by atoms with Gasteiger partial charge in [0.1, 0.15) is 11.3 Å². The fourth-order valence-electron chi connectivity index (χ4n) is 3.49. The van der Waals surface area contributed by atoms with Gasteiger partial charge in [0.05, 0.1) is 21.2 Å². The van der Waals surface area contributed by atoms with Gasteiger partial charge >= 0.3 is 0 Å². The van der Waals surface area contributed by atoms with Crippen LogP contribution in [0.25, 0.3) is 11.0 Å². The fourth-order valence-corrected chi connectivity index (χ4v) is 4.04. The molecule has 1 aliphatic rings. The van der Waals surface area contributed by atoms with Crippen molar-refractivity contribution in [1.29, 1.82) is 0 Å². The van der Waals surface area contributed by atoms with Crippen LogP contribution in [0.1, 0.15) is 23.3 Å². The number of nitrogens with two attached hydrogens (primary N) is 1. The largest absolute Gasteiger partial charge is 0.368 e. The molecule has 4 N–H and O–H groups in total. The van der Waals surface area contributed by atoms with E-state index in [4.69, 9.17) is 5.73 Å². The molecular weight excluding hydrogens is 462 g/mol. The number of aryl methyl sites for hydroxylation is 1. The molecule has 0 aliphatic carbocycles. The van der Waals surface area contributed by atoms with Crippen molar-refractivity contribution in [2.75, 3.05) is 23.3 Å². The SMILES string of the molecule is Cl.Cn1nc(C(=O)Nc2c[nH]c3ncc(Br)c(N4CCCC(N)C4)c23)ccc1=O. The number of carbonyl (C=O) groups excluding carboxylic acids is 1. The van der Waals surface area contributed by atoms with E-state index in [2.05, 4.69) is 41.2 Å². The van der Waals surface area contributed by atoms with Crippen LogP contribution in [0.4, 0.5) is 11.4 Å². The van der Waals surface area contributed by atoms with E-state index in [1.165, 1.54) is 19.2 Å². The molecule has 1 fully saturated rings. The van der Waals surface area contributed by atoms with Crippen molar-refractivity contribution >= 4 is 56.7 Å². The van der Waals surface area contributed by atoms with Gasteiger partial charge in [-0.15, -0.1) is 12.4 Å². The topological polar surface area (TPSA) is 122 Å². The lowest BCUT2D eigenvalue weighted by Crippen LogP contribution is -2.43. The number of nitrogens with one attached hydrogen (secondary N) is 2. The van der Waals surface area contributed by atoms with Crippen LogP contribution in [0, 0.1) is 0 Å². The van der Waals surface area contributed by atoms with Crippen LogP contribution in [-0.2, 0) is 7.05 Å². The highest BCUT2D eigenvalue weighted by molar-refractivity contribution is 9.10. The van der Waals surface area contributed by atoms with E-state index in [9.17, 15) is 9.59 Å². The van der Waals surface area contributed by atoms with Crippen molar-refractivity contribution in [3.8, 4) is 0 Å². The van der Waals surface area contributed by atoms with Gasteiger partial charge in [0, 0.05) is 44.6 Å². The van der Waals surface area contributed by atoms with E-state index in [0.717, 1.165) is 46.2 Å². The Balaban J connectivity index is 0.00000240. The number of rotatable bonds is 3. The van der Waals surface area contributed by atoms with Gasteiger partial charge in [-0.2, -0.15) is 5.10 Å². The highest BCUT2D eigenvalue weighted by Crippen LogP contribution is 2.38. The minimum Gasteiger partial charge on any atom is -0.368 e. The predicted octanol–water partition coefficient (Wildman–Crippen LogP) is 2.02. The van der Waals surface area contributed by atoms with Gasteiger partial charge in [0.2, 0.25) is 0 Å². The van der Waals surface area contributed by atoms with E-state index in [1.54, 1.807) is 12.4 Å². The molecule has 9 nitrogen and oxygen atoms in total. The van der Waals surface area contributed by atoms with Crippen LogP contribution in [0.5, 0.6) is 0 Å². The van der Waals surface area contributed by atoms with Crippen LogP contribution in [0.2, 0.25) is 0 Å². The summed E-state index contributed by atoms with van der Waals surface area (Å²) in [5.41, 5.74) is 8.26. The van der Waals surface area contributed by atoms with Crippen LogP contribution < -0.4 is 21.5 Å². The number of hydrogen-bond acceptors (Lipinski definition) is 6. The number of aromatic nitrogens is 4. The standard InChI is InChI=1S/C18H20BrN7O2.ClH/c1-25-14(27)5-4-12(24-25)18(28)23-13-8-22-17-15(13)16(11(19)7-21-17)26-6-2-3-10(20)9-26;/h4-5,7-8,10H,2-3,6,9,20H2,1H3,(H,21,22)(H,23,28);1H. The number of piperidine rings is 1. The maximum Gasteiger partial charge on any atom is 0.276 e. The number of carbonyl (C=O) groups is 1. The first kappa shape index (κ1) is 21.3. The molecule has 1 atom stereocenters. The Morgan fingerprint density at radius 2 is 2.21 bits per heavy atom. The van der Waals surface area contributed by atoms with Gasteiger partial charge in [-0.25, -0.2) is 9.67 Å². The third-order valence-electron chi connectivity index (χ3n) is 4.84. The van der Waals surface area contributed by atoms with Gasteiger partial charge in [-0.1, -0.05) is 0 Å². The lowest BCUT2D eigenvalue weighted by molar-refractivity contribution is 0.102. The van der Waals surface area contributed by atoms with Gasteiger partial charge in [0.25, 0.3) is 11.5 Å². The fraction of sp³-hybridized carbons (Fsp3) is 0.333. The molecule has 1 amide bonds. The zero-order valence-corrected chi connectivity index (χ0v) is 18.1. The van der Waals surface area contributed by atoms with Crippen molar-refractivity contribution in [1.82, 2.24) is 19.7 Å². The molecule has 154 valence electrons. The van der Waals surface area contributed by atoms with E-state index in [0.29, 0.717) is 11.3 Å². The first-order valence-corrected chi connectivity index (χ1v) is 9.75. The predicted molar refractivity (Wildman–Crippen MR) is 118 cm³/mol. The quantitative estimate of drug-likeness (QED) is 0.525. The summed E-state index contributed by atoms with van der Waals surface area (Å²) in [4.78, 5) is 33.9. The number of halogens is 2. The molecular formula is C18H21BrClN7O2. The number of H-pyrrole nitrogens is 1. The molecule has 0 aromatic carbocycles. The average Bonchev–Trinajstić information content (AvgIpc) is 3.06. The summed E-state index contributed by atoms with van der Waals surface area (Å²) in [6.45, 7) is 1.62. The Bertz CT molecular complexity index is 1110. The van der Waals surface area contributed by atoms with Gasteiger partial charge < -0.3 is 20.9 Å². The monoisotopic (exact) mass is 481 g/mol. The number of fused-ring (bicyclic) bond motifs is 1. The Morgan fingerprint density at radius 3 is 2.93 bits per heavy atom. The first-order chi connectivity index (χ1) is 13.4. The minimum atomic E-state index is -0.405. The molecule has 1 unspecified atom stereocenters. The smallest absolute Gasteiger partial charge is 0.276 e. The van der Waals surface area contributed by atoms with Crippen molar-refractivity contribution in [3.05, 3.63) is 45.0 Å². The van der Waals surface area contributed by atoms with Gasteiger partial charge in [-0.05, 0) is 34.8 Å². The van der Waals surface area contributed by atoms with Gasteiger partial charge in [-0.3, -0.25) is 9.59 Å². The number of pyridine rings is 1. The molecule has 3 aromatic rings. The van der Waals surface area contributed by atoms with Crippen molar-refractivity contribution < 1.29 is 4.79 Å². The van der Waals surface area contributed by atoms with Crippen LogP contribution in [-0.4, -0.2) is 44.8 Å². The minimum absolute atomic E-state index is 0. The third-order valence-corrected chi connectivity index (χ3v) is 5.43. The molecule has 1 saturated heterocycles. The zero-order valence-electron chi connectivity index (χ0n) is 15.7. The average molecular weight is 483 g/mol. The summed E-state index contributed by atoms with van der Waals surface area (Å²) in [5, 5.41) is 7.69. The number of aromatic amines is 1. The Labute approximate surface area is 181 Å². The maximum absolute atomic E-state index is 12.7. The molecule has 3 aromatic heterocycles. The molecule has 4 heterocycles. The lowest BCUT2D eigenvalue weighted by atomic mass is 10.1. The van der Waals surface area contributed by atoms with E-state index in [-0.39, 0.29) is 29.7 Å².